The summed E-state index contributed by atoms with van der Waals surface area (Å²) in [5.41, 5.74) is 0.914. The summed E-state index contributed by atoms with van der Waals surface area (Å²) in [5.74, 6) is 0. The van der Waals surface area contributed by atoms with Gasteiger partial charge < -0.3 is 10.2 Å². The van der Waals surface area contributed by atoms with Crippen molar-refractivity contribution in [1.82, 2.24) is 10.2 Å². The Morgan fingerprint density at radius 1 is 1.29 bits per heavy atom. The van der Waals surface area contributed by atoms with E-state index in [1.54, 1.807) is 4.90 Å². The highest BCUT2D eigenvalue weighted by atomic mass is 79.9. The molecule has 0 aromatic heterocycles. The van der Waals surface area contributed by atoms with Crippen molar-refractivity contribution in [2.45, 2.75) is 0 Å². The molecule has 1 saturated heterocycles. The molecule has 1 fully saturated rings. The van der Waals surface area contributed by atoms with Gasteiger partial charge in [-0.05, 0) is 24.3 Å². The van der Waals surface area contributed by atoms with E-state index in [0.29, 0.717) is 0 Å². The van der Waals surface area contributed by atoms with Crippen LogP contribution in [0.4, 0.5) is 10.5 Å². The number of anilines is 1. The van der Waals surface area contributed by atoms with Gasteiger partial charge >= 0.3 is 6.03 Å². The van der Waals surface area contributed by atoms with Crippen molar-refractivity contribution in [3.8, 4) is 0 Å². The number of nitrogens with zero attached hydrogens (tertiary/aromatic N) is 2. The number of halogens is 1. The number of benzene rings is 1. The van der Waals surface area contributed by atoms with Crippen molar-refractivity contribution in [2.24, 2.45) is 0 Å². The highest BCUT2D eigenvalue weighted by Crippen LogP contribution is 2.18. The molecule has 0 atom stereocenters. The number of nitrogens with one attached hydrogen (secondary N) is 1. The average molecular weight is 298 g/mol. The molecule has 2 amide bonds. The second kappa shape index (κ2) is 5.51. The zero-order valence-electron chi connectivity index (χ0n) is 9.82. The Bertz CT molecular complexity index is 387. The van der Waals surface area contributed by atoms with Gasteiger partial charge in [0, 0.05) is 43.4 Å². The molecule has 0 spiro atoms. The van der Waals surface area contributed by atoms with Crippen LogP contribution in [0.1, 0.15) is 0 Å². The van der Waals surface area contributed by atoms with E-state index < -0.39 is 0 Å². The van der Waals surface area contributed by atoms with Gasteiger partial charge in [-0.2, -0.15) is 0 Å². The molecule has 1 aromatic rings. The summed E-state index contributed by atoms with van der Waals surface area (Å²) in [5, 5.41) is 3.24. The van der Waals surface area contributed by atoms with Crippen molar-refractivity contribution in [3.63, 3.8) is 0 Å². The molecular formula is C12H16BrN3O. The molecule has 4 nitrogen and oxygen atoms in total. The molecule has 1 aliphatic heterocycles. The van der Waals surface area contributed by atoms with Crippen LogP contribution in [-0.4, -0.2) is 44.2 Å². The Morgan fingerprint density at radius 3 is 2.47 bits per heavy atom. The molecule has 17 heavy (non-hydrogen) atoms. The van der Waals surface area contributed by atoms with Crippen LogP contribution < -0.4 is 10.2 Å². The summed E-state index contributed by atoms with van der Waals surface area (Å²) >= 11 is 3.39. The van der Waals surface area contributed by atoms with Gasteiger partial charge in [0.05, 0.1) is 0 Å². The maximum atomic E-state index is 12.2. The minimum absolute atomic E-state index is 0.0637. The van der Waals surface area contributed by atoms with Gasteiger partial charge in [0.15, 0.2) is 0 Å². The highest BCUT2D eigenvalue weighted by molar-refractivity contribution is 9.10. The van der Waals surface area contributed by atoms with E-state index in [1.165, 1.54) is 0 Å². The number of rotatable bonds is 1. The quantitative estimate of drug-likeness (QED) is 0.859. The summed E-state index contributed by atoms with van der Waals surface area (Å²) < 4.78 is 1.02. The molecule has 1 aliphatic rings. The summed E-state index contributed by atoms with van der Waals surface area (Å²) in [7, 11) is 1.81. The van der Waals surface area contributed by atoms with Gasteiger partial charge in [-0.3, -0.25) is 4.90 Å². The van der Waals surface area contributed by atoms with Gasteiger partial charge in [0.25, 0.3) is 0 Å². The highest BCUT2D eigenvalue weighted by Gasteiger charge is 2.20. The van der Waals surface area contributed by atoms with E-state index in [2.05, 4.69) is 21.2 Å². The standard InChI is InChI=1S/C12H16BrN3O/c1-15(11-4-2-10(13)3-5-11)12(17)16-8-6-14-7-9-16/h2-5,14H,6-9H2,1H3. The summed E-state index contributed by atoms with van der Waals surface area (Å²) in [6, 6.07) is 7.82. The van der Waals surface area contributed by atoms with Gasteiger partial charge in [-0.1, -0.05) is 15.9 Å². The number of amides is 2. The van der Waals surface area contributed by atoms with E-state index in [1.807, 2.05) is 36.2 Å². The lowest BCUT2D eigenvalue weighted by atomic mass is 10.3. The second-order valence-corrected chi connectivity index (χ2v) is 4.97. The number of hydrogen-bond donors (Lipinski definition) is 1. The number of carbonyl (C=O) groups excluding carboxylic acids is 1. The number of hydrogen-bond acceptors (Lipinski definition) is 2. The Labute approximate surface area is 110 Å². The van der Waals surface area contributed by atoms with Crippen LogP contribution in [-0.2, 0) is 0 Å². The van der Waals surface area contributed by atoms with Crippen LogP contribution in [0.25, 0.3) is 0 Å². The van der Waals surface area contributed by atoms with Crippen molar-refractivity contribution >= 4 is 27.6 Å². The van der Waals surface area contributed by atoms with Gasteiger partial charge in [0.1, 0.15) is 0 Å². The third-order valence-corrected chi connectivity index (χ3v) is 3.42. The molecule has 1 aromatic carbocycles. The van der Waals surface area contributed by atoms with Gasteiger partial charge in [-0.25, -0.2) is 4.79 Å². The van der Waals surface area contributed by atoms with E-state index in [9.17, 15) is 4.79 Å². The normalized spacial score (nSPS) is 15.8. The number of piperazine rings is 1. The Morgan fingerprint density at radius 2 is 1.88 bits per heavy atom. The molecule has 5 heteroatoms. The minimum atomic E-state index is 0.0637. The first kappa shape index (κ1) is 12.4. The maximum absolute atomic E-state index is 12.2. The lowest BCUT2D eigenvalue weighted by molar-refractivity contribution is 0.198. The molecule has 0 saturated carbocycles. The minimum Gasteiger partial charge on any atom is -0.322 e. The van der Waals surface area contributed by atoms with Gasteiger partial charge in [-0.15, -0.1) is 0 Å². The largest absolute Gasteiger partial charge is 0.324 e. The van der Waals surface area contributed by atoms with Crippen LogP contribution in [0.15, 0.2) is 28.7 Å². The van der Waals surface area contributed by atoms with Crippen LogP contribution in [0, 0.1) is 0 Å². The Kier molecular flexibility index (Phi) is 4.02. The first-order valence-corrected chi connectivity index (χ1v) is 6.47. The third kappa shape index (κ3) is 2.98. The molecule has 0 aliphatic carbocycles. The smallest absolute Gasteiger partial charge is 0.322 e. The SMILES string of the molecule is CN(C(=O)N1CCNCC1)c1ccc(Br)cc1. The fourth-order valence-corrected chi connectivity index (χ4v) is 2.11. The molecular weight excluding hydrogens is 282 g/mol. The van der Waals surface area contributed by atoms with Crippen molar-refractivity contribution in [3.05, 3.63) is 28.7 Å². The fraction of sp³-hybridized carbons (Fsp3) is 0.417. The predicted octanol–water partition coefficient (Wildman–Crippen LogP) is 1.91. The molecule has 92 valence electrons. The van der Waals surface area contributed by atoms with E-state index >= 15 is 0 Å². The molecule has 0 radical (unpaired) electrons. The van der Waals surface area contributed by atoms with Gasteiger partial charge in [0.2, 0.25) is 0 Å². The zero-order valence-corrected chi connectivity index (χ0v) is 11.4. The summed E-state index contributed by atoms with van der Waals surface area (Å²) in [6.45, 7) is 3.30. The van der Waals surface area contributed by atoms with Crippen LogP contribution in [0.2, 0.25) is 0 Å². The topological polar surface area (TPSA) is 35.6 Å². The van der Waals surface area contributed by atoms with E-state index in [0.717, 1.165) is 36.3 Å². The van der Waals surface area contributed by atoms with Crippen molar-refractivity contribution < 1.29 is 4.79 Å². The molecule has 0 unspecified atom stereocenters. The van der Waals surface area contributed by atoms with E-state index in [-0.39, 0.29) is 6.03 Å². The van der Waals surface area contributed by atoms with Crippen LogP contribution in [0.5, 0.6) is 0 Å². The zero-order chi connectivity index (χ0) is 12.3. The van der Waals surface area contributed by atoms with Crippen LogP contribution in [0.3, 0.4) is 0 Å². The molecule has 0 bridgehead atoms. The maximum Gasteiger partial charge on any atom is 0.324 e. The summed E-state index contributed by atoms with van der Waals surface area (Å²) in [6.07, 6.45) is 0. The number of carbonyl (C=O) groups is 1. The molecule has 2 rings (SSSR count). The van der Waals surface area contributed by atoms with Crippen molar-refractivity contribution in [1.29, 1.82) is 0 Å². The molecule has 1 N–H and O–H groups in total. The first-order valence-electron chi connectivity index (χ1n) is 5.67. The Hall–Kier alpha value is -1.07. The first-order chi connectivity index (χ1) is 8.18. The monoisotopic (exact) mass is 297 g/mol. The average Bonchev–Trinajstić information content (AvgIpc) is 2.39. The van der Waals surface area contributed by atoms with E-state index in [4.69, 9.17) is 0 Å². The van der Waals surface area contributed by atoms with Crippen LogP contribution >= 0.6 is 15.9 Å². The summed E-state index contributed by atoms with van der Waals surface area (Å²) in [4.78, 5) is 15.8. The second-order valence-electron chi connectivity index (χ2n) is 4.06. The molecule has 1 heterocycles. The number of urea groups is 1. The lowest BCUT2D eigenvalue weighted by Crippen LogP contribution is -2.50. The van der Waals surface area contributed by atoms with Crippen molar-refractivity contribution in [2.75, 3.05) is 38.1 Å². The Balaban J connectivity index is 2.05. The fourth-order valence-electron chi connectivity index (χ4n) is 1.84. The lowest BCUT2D eigenvalue weighted by Gasteiger charge is -2.31. The third-order valence-electron chi connectivity index (χ3n) is 2.89. The predicted molar refractivity (Wildman–Crippen MR) is 72.4 cm³/mol.